The smallest absolute Gasteiger partial charge is 0.262 e. The van der Waals surface area contributed by atoms with E-state index in [-0.39, 0.29) is 16.9 Å². The van der Waals surface area contributed by atoms with Gasteiger partial charge < -0.3 is 10.1 Å². The highest BCUT2D eigenvalue weighted by atomic mass is 16.5. The van der Waals surface area contributed by atoms with E-state index < -0.39 is 5.54 Å². The van der Waals surface area contributed by atoms with Crippen LogP contribution >= 0.6 is 0 Å². The number of hydrogen-bond acceptors (Lipinski definition) is 3. The number of nitriles is 1. The molecule has 0 aromatic heterocycles. The molecule has 0 saturated heterocycles. The molecule has 2 aromatic rings. The van der Waals surface area contributed by atoms with Gasteiger partial charge in [0.15, 0.2) is 0 Å². The van der Waals surface area contributed by atoms with E-state index in [9.17, 15) is 10.1 Å². The van der Waals surface area contributed by atoms with Gasteiger partial charge in [0.25, 0.3) is 5.91 Å². The normalized spacial score (nSPS) is 12.2. The van der Waals surface area contributed by atoms with Crippen LogP contribution in [0.5, 0.6) is 5.75 Å². The SMILES string of the molecule is Cc1cccc(COc2ccccc2/C=C(\C#N)C(=O)NC(C)(C)CC(C)(C)C)c1. The minimum absolute atomic E-state index is 0.0589. The van der Waals surface area contributed by atoms with Crippen molar-refractivity contribution in [2.75, 3.05) is 0 Å². The van der Waals surface area contributed by atoms with Crippen molar-refractivity contribution in [3.8, 4) is 11.8 Å². The lowest BCUT2D eigenvalue weighted by molar-refractivity contribution is -0.118. The topological polar surface area (TPSA) is 62.1 Å². The van der Waals surface area contributed by atoms with E-state index in [2.05, 4.69) is 32.2 Å². The average Bonchev–Trinajstić information content (AvgIpc) is 2.62. The zero-order chi connectivity index (χ0) is 22.4. The van der Waals surface area contributed by atoms with Crippen LogP contribution in [-0.4, -0.2) is 11.4 Å². The van der Waals surface area contributed by atoms with Crippen molar-refractivity contribution >= 4 is 12.0 Å². The van der Waals surface area contributed by atoms with E-state index >= 15 is 0 Å². The molecule has 158 valence electrons. The van der Waals surface area contributed by atoms with Crippen molar-refractivity contribution in [1.29, 1.82) is 5.26 Å². The molecule has 2 aromatic carbocycles. The van der Waals surface area contributed by atoms with E-state index in [0.29, 0.717) is 17.9 Å². The lowest BCUT2D eigenvalue weighted by atomic mass is 9.81. The van der Waals surface area contributed by atoms with Crippen LogP contribution in [0, 0.1) is 23.7 Å². The van der Waals surface area contributed by atoms with Crippen LogP contribution in [0.4, 0.5) is 0 Å². The van der Waals surface area contributed by atoms with Crippen LogP contribution in [0.25, 0.3) is 6.08 Å². The highest BCUT2D eigenvalue weighted by Gasteiger charge is 2.28. The Morgan fingerprint density at radius 1 is 1.10 bits per heavy atom. The molecule has 4 heteroatoms. The Labute approximate surface area is 180 Å². The van der Waals surface area contributed by atoms with Gasteiger partial charge in [-0.3, -0.25) is 4.79 Å². The molecule has 0 bridgehead atoms. The molecule has 0 unspecified atom stereocenters. The lowest BCUT2D eigenvalue weighted by Gasteiger charge is -2.33. The van der Waals surface area contributed by atoms with Gasteiger partial charge in [0, 0.05) is 11.1 Å². The van der Waals surface area contributed by atoms with E-state index in [1.807, 2.05) is 69.3 Å². The predicted molar refractivity (Wildman–Crippen MR) is 122 cm³/mol. The number of benzene rings is 2. The number of nitrogens with one attached hydrogen (secondary N) is 1. The molecule has 0 fully saturated rings. The molecule has 1 N–H and O–H groups in total. The largest absolute Gasteiger partial charge is 0.488 e. The third-order valence-corrected chi connectivity index (χ3v) is 4.48. The molecule has 0 heterocycles. The Bertz CT molecular complexity index is 959. The first kappa shape index (κ1) is 23.2. The number of aryl methyl sites for hydroxylation is 1. The molecule has 0 atom stereocenters. The molecule has 4 nitrogen and oxygen atoms in total. The third kappa shape index (κ3) is 7.40. The Kier molecular flexibility index (Phi) is 7.45. The Balaban J connectivity index is 2.19. The third-order valence-electron chi connectivity index (χ3n) is 4.48. The number of para-hydroxylation sites is 1. The number of carbonyl (C=O) groups is 1. The molecular weight excluding hydrogens is 372 g/mol. The summed E-state index contributed by atoms with van der Waals surface area (Å²) >= 11 is 0. The fraction of sp³-hybridized carbons (Fsp3) is 0.385. The molecule has 0 spiro atoms. The van der Waals surface area contributed by atoms with Gasteiger partial charge in [0.1, 0.15) is 24.0 Å². The second-order valence-electron chi connectivity index (χ2n) is 9.56. The molecule has 0 saturated carbocycles. The van der Waals surface area contributed by atoms with Gasteiger partial charge in [-0.15, -0.1) is 0 Å². The number of nitrogens with zero attached hydrogens (tertiary/aromatic N) is 1. The van der Waals surface area contributed by atoms with Crippen LogP contribution in [-0.2, 0) is 11.4 Å². The number of rotatable bonds is 7. The Morgan fingerprint density at radius 3 is 2.43 bits per heavy atom. The summed E-state index contributed by atoms with van der Waals surface area (Å²) in [6, 6.07) is 17.6. The van der Waals surface area contributed by atoms with E-state index in [4.69, 9.17) is 4.74 Å². The fourth-order valence-corrected chi connectivity index (χ4v) is 3.74. The predicted octanol–water partition coefficient (Wildman–Crippen LogP) is 5.81. The van der Waals surface area contributed by atoms with E-state index in [1.54, 1.807) is 6.08 Å². The van der Waals surface area contributed by atoms with Gasteiger partial charge in [-0.1, -0.05) is 68.8 Å². The van der Waals surface area contributed by atoms with Crippen molar-refractivity contribution in [3.05, 3.63) is 70.8 Å². The van der Waals surface area contributed by atoms with Crippen molar-refractivity contribution in [1.82, 2.24) is 5.32 Å². The summed E-state index contributed by atoms with van der Waals surface area (Å²) in [6.07, 6.45) is 2.38. The van der Waals surface area contributed by atoms with Crippen LogP contribution in [0.2, 0.25) is 0 Å². The first-order valence-electron chi connectivity index (χ1n) is 10.2. The maximum absolute atomic E-state index is 12.8. The number of amides is 1. The second kappa shape index (κ2) is 9.63. The number of carbonyl (C=O) groups excluding carboxylic acids is 1. The van der Waals surface area contributed by atoms with Crippen LogP contribution < -0.4 is 10.1 Å². The van der Waals surface area contributed by atoms with Crippen molar-refractivity contribution in [2.45, 2.75) is 60.1 Å². The average molecular weight is 405 g/mol. The van der Waals surface area contributed by atoms with E-state index in [0.717, 1.165) is 12.0 Å². The maximum atomic E-state index is 12.8. The van der Waals surface area contributed by atoms with Gasteiger partial charge in [0.05, 0.1) is 0 Å². The summed E-state index contributed by atoms with van der Waals surface area (Å²) in [5.41, 5.74) is 2.63. The first-order valence-corrected chi connectivity index (χ1v) is 10.2. The molecule has 0 aliphatic rings. The quantitative estimate of drug-likeness (QED) is 0.468. The maximum Gasteiger partial charge on any atom is 0.262 e. The van der Waals surface area contributed by atoms with Gasteiger partial charge in [-0.2, -0.15) is 5.26 Å². The zero-order valence-electron chi connectivity index (χ0n) is 18.9. The molecule has 0 radical (unpaired) electrons. The van der Waals surface area contributed by atoms with Crippen molar-refractivity contribution in [3.63, 3.8) is 0 Å². The van der Waals surface area contributed by atoms with Crippen LogP contribution in [0.3, 0.4) is 0 Å². The van der Waals surface area contributed by atoms with Crippen LogP contribution in [0.15, 0.2) is 54.1 Å². The Morgan fingerprint density at radius 2 is 1.80 bits per heavy atom. The first-order chi connectivity index (χ1) is 14.0. The van der Waals surface area contributed by atoms with Gasteiger partial charge >= 0.3 is 0 Å². The highest BCUT2D eigenvalue weighted by Crippen LogP contribution is 2.27. The second-order valence-corrected chi connectivity index (χ2v) is 9.56. The van der Waals surface area contributed by atoms with Crippen molar-refractivity contribution < 1.29 is 9.53 Å². The summed E-state index contributed by atoms with van der Waals surface area (Å²) in [7, 11) is 0. The summed E-state index contributed by atoms with van der Waals surface area (Å²) in [4.78, 5) is 12.8. The van der Waals surface area contributed by atoms with Gasteiger partial charge in [-0.05, 0) is 50.3 Å². The monoisotopic (exact) mass is 404 g/mol. The number of hydrogen-bond donors (Lipinski definition) is 1. The number of ether oxygens (including phenoxy) is 1. The molecule has 2 rings (SSSR count). The molecule has 30 heavy (non-hydrogen) atoms. The van der Waals surface area contributed by atoms with Gasteiger partial charge in [0.2, 0.25) is 0 Å². The fourth-order valence-electron chi connectivity index (χ4n) is 3.74. The lowest BCUT2D eigenvalue weighted by Crippen LogP contribution is -2.46. The summed E-state index contributed by atoms with van der Waals surface area (Å²) < 4.78 is 5.98. The summed E-state index contributed by atoms with van der Waals surface area (Å²) in [5, 5.41) is 12.6. The minimum Gasteiger partial charge on any atom is -0.488 e. The standard InChI is InChI=1S/C26H32N2O2/c1-19-10-9-11-20(14-19)17-30-23-13-8-7-12-21(23)15-22(16-27)24(29)28-26(5,6)18-25(2,3)4/h7-15H,17-18H2,1-6H3,(H,28,29)/b22-15+. The van der Waals surface area contributed by atoms with Crippen LogP contribution in [0.1, 0.15) is 57.7 Å². The van der Waals surface area contributed by atoms with E-state index in [1.165, 1.54) is 5.56 Å². The highest BCUT2D eigenvalue weighted by molar-refractivity contribution is 6.02. The zero-order valence-corrected chi connectivity index (χ0v) is 18.9. The minimum atomic E-state index is -0.424. The molecule has 1 amide bonds. The molecule has 0 aliphatic carbocycles. The molecule has 0 aliphatic heterocycles. The molecular formula is C26H32N2O2. The summed E-state index contributed by atoms with van der Waals surface area (Å²) in [5.74, 6) is 0.258. The Hall–Kier alpha value is -3.06. The van der Waals surface area contributed by atoms with Crippen molar-refractivity contribution in [2.24, 2.45) is 5.41 Å². The summed E-state index contributed by atoms with van der Waals surface area (Å²) in [6.45, 7) is 12.8. The van der Waals surface area contributed by atoms with Gasteiger partial charge in [-0.25, -0.2) is 0 Å².